The van der Waals surface area contributed by atoms with Crippen LogP contribution in [0.1, 0.15) is 65.7 Å². The number of methoxy groups -OCH3 is 1. The van der Waals surface area contributed by atoms with Gasteiger partial charge in [0.2, 0.25) is 0 Å². The van der Waals surface area contributed by atoms with E-state index in [1.54, 1.807) is 7.11 Å². The Bertz CT molecular complexity index is 1370. The molecule has 0 bridgehead atoms. The summed E-state index contributed by atoms with van der Waals surface area (Å²) in [5.74, 6) is 2.29. The smallest absolute Gasteiger partial charge is 0.332 e. The third kappa shape index (κ3) is 10.1. The molecule has 2 aromatic carbocycles. The molecule has 250 valence electrons. The minimum Gasteiger partial charge on any atom is -0.497 e. The highest BCUT2D eigenvalue weighted by Gasteiger charge is 2.27. The van der Waals surface area contributed by atoms with Gasteiger partial charge in [-0.2, -0.15) is 5.10 Å². The lowest BCUT2D eigenvalue weighted by molar-refractivity contribution is -0.160. The molecular formula is C37H50N2O6S. The Morgan fingerprint density at radius 3 is 2.46 bits per heavy atom. The molecule has 1 aliphatic carbocycles. The second-order valence-electron chi connectivity index (χ2n) is 13.3. The largest absolute Gasteiger partial charge is 0.497 e. The third-order valence-corrected chi connectivity index (χ3v) is 9.53. The summed E-state index contributed by atoms with van der Waals surface area (Å²) in [6.07, 6.45) is 7.48. The lowest BCUT2D eigenvalue weighted by Gasteiger charge is -2.29. The van der Waals surface area contributed by atoms with Crippen molar-refractivity contribution in [2.75, 3.05) is 39.3 Å². The van der Waals surface area contributed by atoms with Crippen molar-refractivity contribution in [3.05, 3.63) is 54.6 Å². The van der Waals surface area contributed by atoms with E-state index in [1.165, 1.54) is 0 Å². The van der Waals surface area contributed by atoms with Crippen LogP contribution in [0.25, 0.3) is 22.4 Å². The average molecular weight is 651 g/mol. The fourth-order valence-corrected chi connectivity index (χ4v) is 7.22. The lowest BCUT2D eigenvalue weighted by atomic mass is 9.82. The van der Waals surface area contributed by atoms with E-state index in [4.69, 9.17) is 28.8 Å². The van der Waals surface area contributed by atoms with Gasteiger partial charge in [0.05, 0.1) is 20.3 Å². The minimum atomic E-state index is -0.494. The molecule has 2 fully saturated rings. The highest BCUT2D eigenvalue weighted by atomic mass is 32.2. The molecule has 9 heteroatoms. The number of hydrogen-bond donors (Lipinski definition) is 0. The average Bonchev–Trinajstić information content (AvgIpc) is 3.41. The predicted molar refractivity (Wildman–Crippen MR) is 182 cm³/mol. The highest BCUT2D eigenvalue weighted by molar-refractivity contribution is 7.99. The number of thioether (sulfide) groups is 1. The van der Waals surface area contributed by atoms with E-state index in [0.29, 0.717) is 25.0 Å². The first-order valence-electron chi connectivity index (χ1n) is 16.8. The van der Waals surface area contributed by atoms with Crippen LogP contribution in [0.15, 0.2) is 59.6 Å². The zero-order valence-electron chi connectivity index (χ0n) is 27.9. The van der Waals surface area contributed by atoms with E-state index in [9.17, 15) is 4.79 Å². The van der Waals surface area contributed by atoms with Gasteiger partial charge in [0, 0.05) is 30.0 Å². The molecule has 2 aliphatic rings. The van der Waals surface area contributed by atoms with Crippen molar-refractivity contribution in [2.45, 2.75) is 89.2 Å². The Hall–Kier alpha value is -2.85. The van der Waals surface area contributed by atoms with Crippen LogP contribution in [0.4, 0.5) is 0 Å². The van der Waals surface area contributed by atoms with Gasteiger partial charge in [-0.25, -0.2) is 4.79 Å². The third-order valence-electron chi connectivity index (χ3n) is 8.47. The number of benzene rings is 2. The van der Waals surface area contributed by atoms with E-state index in [2.05, 4.69) is 41.1 Å². The Kier molecular flexibility index (Phi) is 12.6. The van der Waals surface area contributed by atoms with E-state index >= 15 is 0 Å². The van der Waals surface area contributed by atoms with E-state index < -0.39 is 5.60 Å². The zero-order valence-corrected chi connectivity index (χ0v) is 28.7. The van der Waals surface area contributed by atoms with Crippen LogP contribution in [0.2, 0.25) is 0 Å². The molecule has 46 heavy (non-hydrogen) atoms. The summed E-state index contributed by atoms with van der Waals surface area (Å²) in [5.41, 5.74) is 3.81. The molecule has 1 aliphatic heterocycles. The first kappa shape index (κ1) is 34.5. The van der Waals surface area contributed by atoms with Gasteiger partial charge in [0.1, 0.15) is 28.7 Å². The molecule has 1 atom stereocenters. The maximum absolute atomic E-state index is 12.1. The summed E-state index contributed by atoms with van der Waals surface area (Å²) in [7, 11) is 1.71. The quantitative estimate of drug-likeness (QED) is 0.0986. The first-order valence-corrected chi connectivity index (χ1v) is 17.7. The second-order valence-corrected chi connectivity index (χ2v) is 14.4. The summed E-state index contributed by atoms with van der Waals surface area (Å²) in [6.45, 7) is 8.48. The molecule has 8 nitrogen and oxygen atoms in total. The van der Waals surface area contributed by atoms with Crippen LogP contribution < -0.4 is 4.74 Å². The van der Waals surface area contributed by atoms with Crippen LogP contribution in [-0.4, -0.2) is 66.9 Å². The molecule has 0 amide bonds. The maximum Gasteiger partial charge on any atom is 0.332 e. The van der Waals surface area contributed by atoms with E-state index in [1.807, 2.05) is 50.7 Å². The predicted octanol–water partition coefficient (Wildman–Crippen LogP) is 8.03. The molecule has 1 saturated heterocycles. The number of rotatable bonds is 14. The molecule has 1 aromatic heterocycles. The molecule has 0 spiro atoms. The van der Waals surface area contributed by atoms with Gasteiger partial charge in [-0.3, -0.25) is 4.68 Å². The SMILES string of the molecule is COc1cccc(-c2c(-c3ccccc3)nn(CC3CCC(COCC(=O)OC(C)(C)C)CC3)c2SCCOC2CCCCO2)c1. The Morgan fingerprint density at radius 2 is 1.74 bits per heavy atom. The van der Waals surface area contributed by atoms with Crippen molar-refractivity contribution in [3.63, 3.8) is 0 Å². The monoisotopic (exact) mass is 650 g/mol. The van der Waals surface area contributed by atoms with Gasteiger partial charge >= 0.3 is 5.97 Å². The minimum absolute atomic E-state index is 0.0109. The van der Waals surface area contributed by atoms with Crippen LogP contribution in [0.5, 0.6) is 5.75 Å². The number of nitrogens with zero attached hydrogens (tertiary/aromatic N) is 2. The number of hydrogen-bond acceptors (Lipinski definition) is 8. The van der Waals surface area contributed by atoms with Gasteiger partial charge in [0.25, 0.3) is 0 Å². The van der Waals surface area contributed by atoms with E-state index in [-0.39, 0.29) is 18.9 Å². The van der Waals surface area contributed by atoms with Crippen molar-refractivity contribution in [1.82, 2.24) is 9.78 Å². The fourth-order valence-electron chi connectivity index (χ4n) is 6.22. The molecule has 1 saturated carbocycles. The van der Waals surface area contributed by atoms with Gasteiger partial charge in [-0.1, -0.05) is 42.5 Å². The molecular weight excluding hydrogens is 600 g/mol. The summed E-state index contributed by atoms with van der Waals surface area (Å²) >= 11 is 1.81. The second kappa shape index (κ2) is 16.8. The van der Waals surface area contributed by atoms with Gasteiger partial charge in [0.15, 0.2) is 6.29 Å². The van der Waals surface area contributed by atoms with Crippen LogP contribution in [0.3, 0.4) is 0 Å². The van der Waals surface area contributed by atoms with Crippen molar-refractivity contribution in [3.8, 4) is 28.1 Å². The van der Waals surface area contributed by atoms with E-state index in [0.717, 1.165) is 97.0 Å². The number of carbonyl (C=O) groups is 1. The molecule has 0 N–H and O–H groups in total. The molecule has 2 heterocycles. The van der Waals surface area contributed by atoms with Gasteiger partial charge in [-0.15, -0.1) is 11.8 Å². The molecule has 1 unspecified atom stereocenters. The fraction of sp³-hybridized carbons (Fsp3) is 0.568. The lowest BCUT2D eigenvalue weighted by Crippen LogP contribution is -2.28. The summed E-state index contributed by atoms with van der Waals surface area (Å²) in [5, 5.41) is 6.46. The maximum atomic E-state index is 12.1. The van der Waals surface area contributed by atoms with Crippen molar-refractivity contribution >= 4 is 17.7 Å². The Morgan fingerprint density at radius 1 is 0.978 bits per heavy atom. The number of ether oxygens (including phenoxy) is 5. The summed E-state index contributed by atoms with van der Waals surface area (Å²) < 4.78 is 30.9. The standard InChI is InChI=1S/C37H50N2O6S/c1-37(2,3)45-32(40)26-42-25-28-18-16-27(17-19-28)24-39-36(46-22-21-44-33-15-8-9-20-43-33)34(30-13-10-14-31(23-30)41-4)35(38-39)29-11-6-5-7-12-29/h5-7,10-14,23,27-28,33H,8-9,15-22,24-26H2,1-4H3. The van der Waals surface area contributed by atoms with Gasteiger partial charge in [-0.05, 0) is 95.2 Å². The van der Waals surface area contributed by atoms with Crippen LogP contribution in [0, 0.1) is 11.8 Å². The summed E-state index contributed by atoms with van der Waals surface area (Å²) in [6, 6.07) is 18.7. The number of esters is 1. The normalized spacial score (nSPS) is 20.4. The zero-order chi connectivity index (χ0) is 32.4. The molecule has 5 rings (SSSR count). The molecule has 3 aromatic rings. The highest BCUT2D eigenvalue weighted by Crippen LogP contribution is 2.42. The Balaban J connectivity index is 1.31. The topological polar surface area (TPSA) is 81.0 Å². The van der Waals surface area contributed by atoms with Crippen molar-refractivity contribution in [1.29, 1.82) is 0 Å². The number of carbonyl (C=O) groups excluding carboxylic acids is 1. The van der Waals surface area contributed by atoms with Gasteiger partial charge < -0.3 is 23.7 Å². The number of aromatic nitrogens is 2. The molecule has 0 radical (unpaired) electrons. The van der Waals surface area contributed by atoms with Crippen LogP contribution in [-0.2, 0) is 30.3 Å². The Labute approximate surface area is 278 Å². The van der Waals surface area contributed by atoms with Crippen molar-refractivity contribution in [2.24, 2.45) is 11.8 Å². The summed E-state index contributed by atoms with van der Waals surface area (Å²) in [4.78, 5) is 12.1. The van der Waals surface area contributed by atoms with Crippen molar-refractivity contribution < 1.29 is 28.5 Å². The van der Waals surface area contributed by atoms with Crippen LogP contribution >= 0.6 is 11.8 Å². The first-order chi connectivity index (χ1) is 22.3.